The first-order chi connectivity index (χ1) is 13.4. The van der Waals surface area contributed by atoms with E-state index in [0.717, 1.165) is 64.2 Å². The molecule has 0 fully saturated rings. The van der Waals surface area contributed by atoms with E-state index in [1.54, 1.807) is 0 Å². The average Bonchev–Trinajstić information content (AvgIpc) is 2.64. The zero-order chi connectivity index (χ0) is 21.7. The molecule has 0 aliphatic carbocycles. The van der Waals surface area contributed by atoms with Crippen molar-refractivity contribution in [3.63, 3.8) is 0 Å². The van der Waals surface area contributed by atoms with E-state index < -0.39 is 16.9 Å². The molecule has 0 aromatic rings. The number of hydrogen-bond donors (Lipinski definition) is 3. The molecule has 0 aliphatic rings. The predicted molar refractivity (Wildman–Crippen MR) is 118 cm³/mol. The van der Waals surface area contributed by atoms with Gasteiger partial charge in [-0.1, -0.05) is 91.9 Å². The minimum Gasteiger partial charge on any atom is -0.328 e. The lowest BCUT2D eigenvalue weighted by atomic mass is 9.86. The van der Waals surface area contributed by atoms with Gasteiger partial charge in [-0.25, -0.2) is 0 Å². The fourth-order valence-electron chi connectivity index (χ4n) is 3.07. The Hall–Kier alpha value is 0.330. The Morgan fingerprint density at radius 1 is 0.750 bits per heavy atom. The Morgan fingerprint density at radius 3 is 1.57 bits per heavy atom. The van der Waals surface area contributed by atoms with Crippen molar-refractivity contribution >= 4 is 16.9 Å². The molecule has 8 heteroatoms. The standard InChI is InChI=1S/C15H31O3P.C5H13O3P/c1-4-7-10-13-15(12-9-6-3,18-19(16)17)14-11-8-5-2;1-2-3-4-5-8-9(6)7/h4-14H2,1-3H3;6-7H,2-5H2,1H3/p+1. The number of rotatable bonds is 18. The summed E-state index contributed by atoms with van der Waals surface area (Å²) in [5.74, 6) is 0. The lowest BCUT2D eigenvalue weighted by Gasteiger charge is -2.27. The van der Waals surface area contributed by atoms with Gasteiger partial charge in [0.25, 0.3) is 0 Å². The molecular formula is C20H45O6P2+. The highest BCUT2D eigenvalue weighted by Crippen LogP contribution is 2.38. The molecular weight excluding hydrogens is 398 g/mol. The van der Waals surface area contributed by atoms with E-state index in [1.165, 1.54) is 25.7 Å². The second-order valence-electron chi connectivity index (χ2n) is 7.32. The van der Waals surface area contributed by atoms with Gasteiger partial charge in [0.2, 0.25) is 0 Å². The van der Waals surface area contributed by atoms with E-state index in [4.69, 9.17) is 14.3 Å². The van der Waals surface area contributed by atoms with Crippen LogP contribution < -0.4 is 0 Å². The van der Waals surface area contributed by atoms with Gasteiger partial charge in [-0.3, -0.25) is 0 Å². The van der Waals surface area contributed by atoms with Crippen molar-refractivity contribution in [3.8, 4) is 0 Å². The van der Waals surface area contributed by atoms with Gasteiger partial charge in [-0.2, -0.15) is 0 Å². The highest BCUT2D eigenvalue weighted by Gasteiger charge is 2.38. The largest absolute Gasteiger partial charge is 0.695 e. The van der Waals surface area contributed by atoms with Gasteiger partial charge < -0.3 is 14.3 Å². The fraction of sp³-hybridized carbons (Fsp3) is 1.00. The van der Waals surface area contributed by atoms with Crippen LogP contribution >= 0.6 is 16.9 Å². The quantitative estimate of drug-likeness (QED) is 0.154. The molecule has 0 amide bonds. The van der Waals surface area contributed by atoms with Crippen LogP contribution in [-0.2, 0) is 13.6 Å². The summed E-state index contributed by atoms with van der Waals surface area (Å²) in [7, 11) is -4.61. The third-order valence-electron chi connectivity index (χ3n) is 4.68. The third kappa shape index (κ3) is 21.0. The molecule has 1 atom stereocenters. The van der Waals surface area contributed by atoms with Crippen molar-refractivity contribution in [2.75, 3.05) is 6.61 Å². The molecule has 0 aromatic carbocycles. The minimum atomic E-state index is -2.50. The van der Waals surface area contributed by atoms with Gasteiger partial charge in [0.1, 0.15) is 5.60 Å². The Bertz CT molecular complexity index is 333. The first-order valence-corrected chi connectivity index (χ1v) is 13.3. The van der Waals surface area contributed by atoms with Crippen molar-refractivity contribution in [3.05, 3.63) is 0 Å². The molecule has 170 valence electrons. The lowest BCUT2D eigenvalue weighted by Crippen LogP contribution is -2.30. The van der Waals surface area contributed by atoms with Crippen molar-refractivity contribution in [1.29, 1.82) is 0 Å². The summed E-state index contributed by atoms with van der Waals surface area (Å²) in [5.41, 5.74) is -0.359. The predicted octanol–water partition coefficient (Wildman–Crippen LogP) is 7.15. The van der Waals surface area contributed by atoms with Gasteiger partial charge in [0, 0.05) is 4.57 Å². The summed E-state index contributed by atoms with van der Waals surface area (Å²) in [6.45, 7) is 9.06. The van der Waals surface area contributed by atoms with Gasteiger partial charge >= 0.3 is 16.9 Å². The van der Waals surface area contributed by atoms with Gasteiger partial charge in [-0.15, -0.1) is 9.42 Å². The maximum absolute atomic E-state index is 11.2. The SMILES string of the molecule is CCCCCC(CCCC)(CCCCC)O[P+](=O)O.CCCCCOP(O)O. The highest BCUT2D eigenvalue weighted by molar-refractivity contribution is 7.39. The van der Waals surface area contributed by atoms with Crippen LogP contribution in [0.25, 0.3) is 0 Å². The number of unbranched alkanes of at least 4 members (excludes halogenated alkanes) is 7. The van der Waals surface area contributed by atoms with Crippen LogP contribution in [0.1, 0.15) is 118 Å². The van der Waals surface area contributed by atoms with Crippen molar-refractivity contribution < 1.29 is 28.3 Å². The molecule has 0 spiro atoms. The molecule has 6 nitrogen and oxygen atoms in total. The molecule has 3 N–H and O–H groups in total. The van der Waals surface area contributed by atoms with Crippen LogP contribution in [0, 0.1) is 0 Å². The first-order valence-electron chi connectivity index (χ1n) is 11.0. The fourth-order valence-corrected chi connectivity index (χ4v) is 3.97. The molecule has 0 bridgehead atoms. The molecule has 28 heavy (non-hydrogen) atoms. The van der Waals surface area contributed by atoms with E-state index in [2.05, 4.69) is 32.2 Å². The summed E-state index contributed by atoms with van der Waals surface area (Å²) in [6.07, 6.45) is 14.9. The van der Waals surface area contributed by atoms with Gasteiger partial charge in [0.05, 0.1) is 6.61 Å². The second kappa shape index (κ2) is 22.0. The van der Waals surface area contributed by atoms with Crippen LogP contribution in [0.5, 0.6) is 0 Å². The minimum absolute atomic E-state index is 0.359. The van der Waals surface area contributed by atoms with E-state index >= 15 is 0 Å². The van der Waals surface area contributed by atoms with Gasteiger partial charge in [0.15, 0.2) is 0 Å². The molecule has 0 rings (SSSR count). The molecule has 1 unspecified atom stereocenters. The van der Waals surface area contributed by atoms with E-state index in [9.17, 15) is 9.46 Å². The first kappa shape index (κ1) is 30.5. The lowest BCUT2D eigenvalue weighted by molar-refractivity contribution is 0.0313. The summed E-state index contributed by atoms with van der Waals surface area (Å²) in [6, 6.07) is 0. The van der Waals surface area contributed by atoms with Crippen LogP contribution in [0.15, 0.2) is 0 Å². The summed E-state index contributed by atoms with van der Waals surface area (Å²) < 4.78 is 21.2. The molecule has 0 radical (unpaired) electrons. The second-order valence-corrected chi connectivity index (χ2v) is 8.74. The maximum Gasteiger partial charge on any atom is 0.695 e. The highest BCUT2D eigenvalue weighted by atomic mass is 31.2. The van der Waals surface area contributed by atoms with Crippen LogP contribution in [0.3, 0.4) is 0 Å². The maximum atomic E-state index is 11.2. The zero-order valence-corrected chi connectivity index (χ0v) is 20.4. The Balaban J connectivity index is 0. The van der Waals surface area contributed by atoms with Crippen LogP contribution in [0.4, 0.5) is 0 Å². The normalized spacial score (nSPS) is 12.1. The molecule has 0 aliphatic heterocycles. The summed E-state index contributed by atoms with van der Waals surface area (Å²) in [5, 5.41) is 0. The molecule has 0 saturated carbocycles. The Kier molecular flexibility index (Phi) is 24.0. The number of hydrogen-bond acceptors (Lipinski definition) is 5. The van der Waals surface area contributed by atoms with E-state index in [0.29, 0.717) is 6.61 Å². The average molecular weight is 444 g/mol. The monoisotopic (exact) mass is 443 g/mol. The smallest absolute Gasteiger partial charge is 0.328 e. The van der Waals surface area contributed by atoms with Crippen LogP contribution in [-0.4, -0.2) is 26.9 Å². The van der Waals surface area contributed by atoms with Crippen molar-refractivity contribution in [2.45, 2.75) is 123 Å². The van der Waals surface area contributed by atoms with E-state index in [-0.39, 0.29) is 5.60 Å². The Morgan fingerprint density at radius 2 is 1.18 bits per heavy atom. The molecule has 0 heterocycles. The third-order valence-corrected chi connectivity index (χ3v) is 5.64. The summed E-state index contributed by atoms with van der Waals surface area (Å²) in [4.78, 5) is 25.7. The summed E-state index contributed by atoms with van der Waals surface area (Å²) >= 11 is 0. The van der Waals surface area contributed by atoms with Crippen molar-refractivity contribution in [1.82, 2.24) is 0 Å². The van der Waals surface area contributed by atoms with Crippen LogP contribution in [0.2, 0.25) is 0 Å². The molecule has 0 aromatic heterocycles. The zero-order valence-electron chi connectivity index (χ0n) is 18.6. The topological polar surface area (TPSA) is 96.2 Å². The Labute approximate surface area is 175 Å². The van der Waals surface area contributed by atoms with E-state index in [1.807, 2.05) is 0 Å². The van der Waals surface area contributed by atoms with Crippen molar-refractivity contribution in [2.24, 2.45) is 0 Å². The van der Waals surface area contributed by atoms with Gasteiger partial charge in [-0.05, 0) is 25.7 Å². The molecule has 0 saturated heterocycles.